The van der Waals surface area contributed by atoms with Crippen LogP contribution < -0.4 is 5.32 Å². The minimum Gasteiger partial charge on any atom is -0.395 e. The van der Waals surface area contributed by atoms with Crippen LogP contribution in [0.5, 0.6) is 0 Å². The molecule has 1 aliphatic rings. The lowest BCUT2D eigenvalue weighted by atomic mass is 10.2. The van der Waals surface area contributed by atoms with Crippen molar-refractivity contribution in [3.8, 4) is 0 Å². The lowest BCUT2D eigenvalue weighted by Crippen LogP contribution is -2.38. The Morgan fingerprint density at radius 3 is 2.74 bits per heavy atom. The van der Waals surface area contributed by atoms with Gasteiger partial charge in [0.1, 0.15) is 0 Å². The Hall–Kier alpha value is -0.810. The topological polar surface area (TPSA) is 52.6 Å². The van der Waals surface area contributed by atoms with E-state index >= 15 is 0 Å². The molecule has 4 nitrogen and oxygen atoms in total. The van der Waals surface area contributed by atoms with Gasteiger partial charge in [0.05, 0.1) is 28.9 Å². The molecule has 6 heteroatoms. The SMILES string of the molecule is O=C(CN1CCC[C@@H]1CO)Nc1c(Cl)cccc1Cl. The molecular formula is C13H16Cl2N2O2. The molecule has 0 spiro atoms. The van der Waals surface area contributed by atoms with E-state index in [4.69, 9.17) is 23.2 Å². The van der Waals surface area contributed by atoms with Crippen LogP contribution in [0.2, 0.25) is 10.0 Å². The summed E-state index contributed by atoms with van der Waals surface area (Å²) in [5.74, 6) is -0.171. The van der Waals surface area contributed by atoms with Crippen molar-refractivity contribution in [3.05, 3.63) is 28.2 Å². The molecule has 1 aromatic rings. The van der Waals surface area contributed by atoms with Crippen LogP contribution in [0, 0.1) is 0 Å². The van der Waals surface area contributed by atoms with Crippen LogP contribution in [-0.4, -0.2) is 41.7 Å². The molecule has 0 saturated carbocycles. The number of hydrogen-bond acceptors (Lipinski definition) is 3. The Bertz CT molecular complexity index is 448. The van der Waals surface area contributed by atoms with E-state index in [0.717, 1.165) is 19.4 Å². The first-order valence-electron chi connectivity index (χ1n) is 6.20. The maximum atomic E-state index is 12.0. The van der Waals surface area contributed by atoms with Gasteiger partial charge >= 0.3 is 0 Å². The molecule has 2 rings (SSSR count). The second-order valence-corrected chi connectivity index (χ2v) is 5.41. The van der Waals surface area contributed by atoms with Crippen molar-refractivity contribution < 1.29 is 9.90 Å². The normalized spacial score (nSPS) is 19.6. The van der Waals surface area contributed by atoms with Gasteiger partial charge in [0.25, 0.3) is 0 Å². The molecule has 1 atom stereocenters. The molecule has 0 aliphatic carbocycles. The smallest absolute Gasteiger partial charge is 0.238 e. The average molecular weight is 303 g/mol. The molecule has 1 aliphatic heterocycles. The molecule has 0 radical (unpaired) electrons. The summed E-state index contributed by atoms with van der Waals surface area (Å²) in [5, 5.41) is 12.8. The van der Waals surface area contributed by atoms with Crippen molar-refractivity contribution in [2.75, 3.05) is 25.0 Å². The molecule has 0 aromatic heterocycles. The summed E-state index contributed by atoms with van der Waals surface area (Å²) in [6, 6.07) is 5.15. The summed E-state index contributed by atoms with van der Waals surface area (Å²) in [6.45, 7) is 1.15. The molecule has 1 saturated heterocycles. The second kappa shape index (κ2) is 6.57. The van der Waals surface area contributed by atoms with Gasteiger partial charge in [-0.25, -0.2) is 0 Å². The predicted molar refractivity (Wildman–Crippen MR) is 76.8 cm³/mol. The number of rotatable bonds is 4. The first-order chi connectivity index (χ1) is 9.11. The van der Waals surface area contributed by atoms with E-state index in [1.807, 2.05) is 4.90 Å². The lowest BCUT2D eigenvalue weighted by molar-refractivity contribution is -0.117. The van der Waals surface area contributed by atoms with Crippen molar-refractivity contribution in [2.45, 2.75) is 18.9 Å². The van der Waals surface area contributed by atoms with E-state index in [1.54, 1.807) is 18.2 Å². The Balaban J connectivity index is 1.98. The highest BCUT2D eigenvalue weighted by Crippen LogP contribution is 2.29. The molecule has 19 heavy (non-hydrogen) atoms. The molecule has 0 bridgehead atoms. The third kappa shape index (κ3) is 3.60. The number of anilines is 1. The molecule has 1 heterocycles. The zero-order valence-corrected chi connectivity index (χ0v) is 11.9. The van der Waals surface area contributed by atoms with E-state index in [2.05, 4.69) is 5.32 Å². The van der Waals surface area contributed by atoms with Gasteiger partial charge in [-0.1, -0.05) is 29.3 Å². The number of amides is 1. The summed E-state index contributed by atoms with van der Waals surface area (Å²) in [4.78, 5) is 14.0. The lowest BCUT2D eigenvalue weighted by Gasteiger charge is -2.22. The van der Waals surface area contributed by atoms with E-state index in [0.29, 0.717) is 15.7 Å². The van der Waals surface area contributed by atoms with Crippen LogP contribution in [0.1, 0.15) is 12.8 Å². The first kappa shape index (κ1) is 14.6. The standard InChI is InChI=1S/C13H16Cl2N2O2/c14-10-4-1-5-11(15)13(10)16-12(19)7-17-6-2-3-9(17)8-18/h1,4-5,9,18H,2-3,6-8H2,(H,16,19)/t9-/m1/s1. The van der Waals surface area contributed by atoms with Gasteiger partial charge in [0.2, 0.25) is 5.91 Å². The first-order valence-corrected chi connectivity index (χ1v) is 6.96. The molecule has 0 unspecified atom stereocenters. The van der Waals surface area contributed by atoms with Crippen molar-refractivity contribution in [1.82, 2.24) is 4.90 Å². The Morgan fingerprint density at radius 1 is 1.42 bits per heavy atom. The third-order valence-corrected chi connectivity index (χ3v) is 3.91. The largest absolute Gasteiger partial charge is 0.395 e. The summed E-state index contributed by atoms with van der Waals surface area (Å²) in [5.41, 5.74) is 0.440. The fourth-order valence-electron chi connectivity index (χ4n) is 2.29. The number of halogens is 2. The Labute approximate surface area is 122 Å². The molecule has 1 fully saturated rings. The molecule has 1 aromatic carbocycles. The number of para-hydroxylation sites is 1. The van der Waals surface area contributed by atoms with Crippen molar-refractivity contribution in [2.24, 2.45) is 0 Å². The fourth-order valence-corrected chi connectivity index (χ4v) is 2.78. The predicted octanol–water partition coefficient (Wildman–Crippen LogP) is 2.39. The number of carbonyl (C=O) groups excluding carboxylic acids is 1. The van der Waals surface area contributed by atoms with Crippen molar-refractivity contribution in [3.63, 3.8) is 0 Å². The number of likely N-dealkylation sites (tertiary alicyclic amines) is 1. The average Bonchev–Trinajstić information content (AvgIpc) is 2.81. The highest BCUT2D eigenvalue weighted by atomic mass is 35.5. The minimum absolute atomic E-state index is 0.0764. The Morgan fingerprint density at radius 2 is 2.11 bits per heavy atom. The van der Waals surface area contributed by atoms with Gasteiger partial charge in [-0.3, -0.25) is 9.69 Å². The minimum atomic E-state index is -0.171. The summed E-state index contributed by atoms with van der Waals surface area (Å²) in [7, 11) is 0. The molecular weight excluding hydrogens is 287 g/mol. The van der Waals surface area contributed by atoms with Gasteiger partial charge in [0.15, 0.2) is 0 Å². The number of aliphatic hydroxyl groups is 1. The monoisotopic (exact) mass is 302 g/mol. The van der Waals surface area contributed by atoms with Crippen LogP contribution in [0.3, 0.4) is 0 Å². The number of nitrogens with zero attached hydrogens (tertiary/aromatic N) is 1. The van der Waals surface area contributed by atoms with Crippen LogP contribution in [-0.2, 0) is 4.79 Å². The van der Waals surface area contributed by atoms with E-state index in [-0.39, 0.29) is 25.1 Å². The Kier molecular flexibility index (Phi) is 5.05. The van der Waals surface area contributed by atoms with Crippen molar-refractivity contribution in [1.29, 1.82) is 0 Å². The van der Waals surface area contributed by atoms with Gasteiger partial charge in [-0.2, -0.15) is 0 Å². The third-order valence-electron chi connectivity index (χ3n) is 3.28. The number of benzene rings is 1. The summed E-state index contributed by atoms with van der Waals surface area (Å²) in [6.07, 6.45) is 1.93. The maximum absolute atomic E-state index is 12.0. The molecule has 2 N–H and O–H groups in total. The second-order valence-electron chi connectivity index (χ2n) is 4.59. The summed E-state index contributed by atoms with van der Waals surface area (Å²) < 4.78 is 0. The van der Waals surface area contributed by atoms with Gasteiger partial charge in [0, 0.05) is 6.04 Å². The van der Waals surface area contributed by atoms with Crippen LogP contribution in [0.4, 0.5) is 5.69 Å². The van der Waals surface area contributed by atoms with Gasteiger partial charge in [-0.05, 0) is 31.5 Å². The number of hydrogen-bond donors (Lipinski definition) is 2. The highest BCUT2D eigenvalue weighted by molar-refractivity contribution is 6.39. The van der Waals surface area contributed by atoms with E-state index < -0.39 is 0 Å². The van der Waals surface area contributed by atoms with Crippen LogP contribution in [0.15, 0.2) is 18.2 Å². The van der Waals surface area contributed by atoms with E-state index in [9.17, 15) is 9.90 Å². The van der Waals surface area contributed by atoms with Crippen LogP contribution >= 0.6 is 23.2 Å². The number of nitrogens with one attached hydrogen (secondary N) is 1. The van der Waals surface area contributed by atoms with E-state index in [1.165, 1.54) is 0 Å². The number of carbonyl (C=O) groups is 1. The number of aliphatic hydroxyl groups excluding tert-OH is 1. The fraction of sp³-hybridized carbons (Fsp3) is 0.462. The maximum Gasteiger partial charge on any atom is 0.238 e. The van der Waals surface area contributed by atoms with Crippen molar-refractivity contribution >= 4 is 34.8 Å². The van der Waals surface area contributed by atoms with Gasteiger partial charge in [-0.15, -0.1) is 0 Å². The molecule has 104 valence electrons. The zero-order valence-electron chi connectivity index (χ0n) is 10.4. The molecule has 1 amide bonds. The van der Waals surface area contributed by atoms with Crippen LogP contribution in [0.25, 0.3) is 0 Å². The van der Waals surface area contributed by atoms with Gasteiger partial charge < -0.3 is 10.4 Å². The quantitative estimate of drug-likeness (QED) is 0.898. The summed E-state index contributed by atoms with van der Waals surface area (Å²) >= 11 is 12.0. The highest BCUT2D eigenvalue weighted by Gasteiger charge is 2.25. The zero-order chi connectivity index (χ0) is 13.8.